The minimum Gasteiger partial charge on any atom is -0.507 e. The monoisotopic (exact) mass is 405 g/mol. The van der Waals surface area contributed by atoms with Gasteiger partial charge in [0, 0.05) is 12.0 Å². The van der Waals surface area contributed by atoms with Gasteiger partial charge in [-0.25, -0.2) is 0 Å². The normalized spacial score (nSPS) is 18.9. The Morgan fingerprint density at radius 3 is 2.24 bits per heavy atom. The number of rotatable bonds is 11. The number of hydrogen-bond donors (Lipinski definition) is 1. The second-order valence-corrected chi connectivity index (χ2v) is 8.84. The van der Waals surface area contributed by atoms with Crippen molar-refractivity contribution in [1.82, 2.24) is 4.90 Å². The molecule has 29 heavy (non-hydrogen) atoms. The summed E-state index contributed by atoms with van der Waals surface area (Å²) in [6, 6.07) is 4.12. The lowest BCUT2D eigenvalue weighted by Crippen LogP contribution is -2.42. The van der Waals surface area contributed by atoms with Gasteiger partial charge in [0.2, 0.25) is 0 Å². The first-order valence-corrected chi connectivity index (χ1v) is 11.1. The molecule has 0 aliphatic carbocycles. The molecule has 0 radical (unpaired) electrons. The Labute approximate surface area is 176 Å². The van der Waals surface area contributed by atoms with Crippen LogP contribution in [0.5, 0.6) is 5.75 Å². The summed E-state index contributed by atoms with van der Waals surface area (Å²) in [6.45, 7) is 9.44. The predicted molar refractivity (Wildman–Crippen MR) is 116 cm³/mol. The van der Waals surface area contributed by atoms with E-state index in [4.69, 9.17) is 9.47 Å². The summed E-state index contributed by atoms with van der Waals surface area (Å²) < 4.78 is 11.2. The Morgan fingerprint density at radius 2 is 1.76 bits per heavy atom. The lowest BCUT2D eigenvalue weighted by Gasteiger charge is -2.28. The molecule has 1 aromatic rings. The maximum absolute atomic E-state index is 12.3. The van der Waals surface area contributed by atoms with Crippen molar-refractivity contribution in [3.63, 3.8) is 0 Å². The smallest absolute Gasteiger partial charge is 0.306 e. The summed E-state index contributed by atoms with van der Waals surface area (Å²) in [6.07, 6.45) is 6.83. The minimum atomic E-state index is -0.204. The number of carbonyl (C=O) groups excluding carboxylic acids is 1. The number of phenolic OH excluding ortho intramolecular Hbond substituents is 1. The van der Waals surface area contributed by atoms with E-state index in [1.807, 2.05) is 7.05 Å². The number of carbonyl (C=O) groups is 1. The van der Waals surface area contributed by atoms with Crippen molar-refractivity contribution in [3.05, 3.63) is 28.8 Å². The van der Waals surface area contributed by atoms with Crippen LogP contribution < -0.4 is 0 Å². The maximum Gasteiger partial charge on any atom is 0.306 e. The quantitative estimate of drug-likeness (QED) is 0.544. The number of phenols is 1. The first kappa shape index (κ1) is 23.7. The van der Waals surface area contributed by atoms with Crippen molar-refractivity contribution in [2.24, 2.45) is 0 Å². The lowest BCUT2D eigenvalue weighted by atomic mass is 9.95. The van der Waals surface area contributed by atoms with Gasteiger partial charge >= 0.3 is 5.97 Å². The molecule has 164 valence electrons. The Bertz CT molecular complexity index is 642. The minimum absolute atomic E-state index is 0.0348. The van der Waals surface area contributed by atoms with E-state index in [-0.39, 0.29) is 24.3 Å². The second kappa shape index (κ2) is 11.0. The van der Waals surface area contributed by atoms with Gasteiger partial charge in [-0.15, -0.1) is 0 Å². The van der Waals surface area contributed by atoms with E-state index in [1.54, 1.807) is 0 Å². The van der Waals surface area contributed by atoms with Gasteiger partial charge in [0.05, 0.1) is 6.61 Å². The first-order chi connectivity index (χ1) is 13.8. The summed E-state index contributed by atoms with van der Waals surface area (Å²) >= 11 is 0. The number of ether oxygens (including phenoxy) is 2. The molecule has 5 nitrogen and oxygen atoms in total. The molecule has 1 heterocycles. The molecule has 0 amide bonds. The number of nitrogens with zero attached hydrogens (tertiary/aromatic N) is 1. The van der Waals surface area contributed by atoms with Crippen LogP contribution in [0.15, 0.2) is 12.1 Å². The Kier molecular flexibility index (Phi) is 8.97. The van der Waals surface area contributed by atoms with Gasteiger partial charge in [0.25, 0.3) is 0 Å². The van der Waals surface area contributed by atoms with Gasteiger partial charge in [-0.05, 0) is 69.7 Å². The van der Waals surface area contributed by atoms with E-state index in [0.29, 0.717) is 25.2 Å². The molecule has 1 aliphatic heterocycles. The Morgan fingerprint density at radius 1 is 1.17 bits per heavy atom. The van der Waals surface area contributed by atoms with Crippen LogP contribution in [0.1, 0.15) is 76.5 Å². The SMILES string of the molecule is CCCCc1cc(CCC(=O)OCC2OCC(C)(C)N2C)cc(CCCC)c1O. The van der Waals surface area contributed by atoms with E-state index >= 15 is 0 Å². The third-order valence-electron chi connectivity index (χ3n) is 5.95. The molecule has 2 rings (SSSR count). The molecular formula is C24H39NO4. The molecule has 1 aliphatic rings. The van der Waals surface area contributed by atoms with E-state index in [0.717, 1.165) is 55.2 Å². The van der Waals surface area contributed by atoms with Gasteiger partial charge < -0.3 is 14.6 Å². The largest absolute Gasteiger partial charge is 0.507 e. The first-order valence-electron chi connectivity index (χ1n) is 11.1. The molecule has 1 unspecified atom stereocenters. The molecule has 1 N–H and O–H groups in total. The van der Waals surface area contributed by atoms with Gasteiger partial charge in [-0.2, -0.15) is 0 Å². The topological polar surface area (TPSA) is 59.0 Å². The molecule has 0 spiro atoms. The summed E-state index contributed by atoms with van der Waals surface area (Å²) in [5, 5.41) is 10.6. The highest BCUT2D eigenvalue weighted by atomic mass is 16.6. The molecule has 5 heteroatoms. The Hall–Kier alpha value is -1.59. The van der Waals surface area contributed by atoms with Crippen LogP contribution in [0.4, 0.5) is 0 Å². The third kappa shape index (κ3) is 6.71. The van der Waals surface area contributed by atoms with E-state index in [2.05, 4.69) is 44.7 Å². The van der Waals surface area contributed by atoms with Crippen LogP contribution in [0.2, 0.25) is 0 Å². The van der Waals surface area contributed by atoms with Gasteiger partial charge in [-0.1, -0.05) is 38.8 Å². The molecule has 0 aromatic heterocycles. The average Bonchev–Trinajstić information content (AvgIpc) is 2.96. The fourth-order valence-electron chi connectivity index (χ4n) is 3.64. The van der Waals surface area contributed by atoms with Crippen molar-refractivity contribution in [3.8, 4) is 5.75 Å². The second-order valence-electron chi connectivity index (χ2n) is 8.84. The molecule has 0 saturated carbocycles. The zero-order valence-corrected chi connectivity index (χ0v) is 18.9. The average molecular weight is 406 g/mol. The summed E-state index contributed by atoms with van der Waals surface area (Å²) in [5.74, 6) is 0.243. The number of aryl methyl sites for hydroxylation is 3. The molecule has 1 saturated heterocycles. The van der Waals surface area contributed by atoms with Crippen LogP contribution in [0.3, 0.4) is 0 Å². The third-order valence-corrected chi connectivity index (χ3v) is 5.95. The lowest BCUT2D eigenvalue weighted by molar-refractivity contribution is -0.149. The van der Waals surface area contributed by atoms with Gasteiger partial charge in [-0.3, -0.25) is 9.69 Å². The fraction of sp³-hybridized carbons (Fsp3) is 0.708. The number of aromatic hydroxyl groups is 1. The van der Waals surface area contributed by atoms with E-state index in [1.165, 1.54) is 0 Å². The highest BCUT2D eigenvalue weighted by Gasteiger charge is 2.38. The van der Waals surface area contributed by atoms with Crippen molar-refractivity contribution < 1.29 is 19.4 Å². The van der Waals surface area contributed by atoms with Crippen molar-refractivity contribution in [2.45, 2.75) is 90.8 Å². The number of likely N-dealkylation sites (N-methyl/N-ethyl adjacent to an activating group) is 1. The number of esters is 1. The number of hydrogen-bond acceptors (Lipinski definition) is 5. The van der Waals surface area contributed by atoms with Crippen molar-refractivity contribution in [1.29, 1.82) is 0 Å². The number of unbranched alkanes of at least 4 members (excludes halogenated alkanes) is 2. The van der Waals surface area contributed by atoms with Crippen LogP contribution >= 0.6 is 0 Å². The maximum atomic E-state index is 12.3. The van der Waals surface area contributed by atoms with E-state index in [9.17, 15) is 9.90 Å². The zero-order chi connectivity index (χ0) is 21.4. The predicted octanol–water partition coefficient (Wildman–Crippen LogP) is 4.62. The molecule has 0 bridgehead atoms. The Balaban J connectivity index is 1.93. The zero-order valence-electron chi connectivity index (χ0n) is 18.9. The van der Waals surface area contributed by atoms with Gasteiger partial charge in [0.15, 0.2) is 0 Å². The number of benzene rings is 1. The van der Waals surface area contributed by atoms with Gasteiger partial charge in [0.1, 0.15) is 18.6 Å². The summed E-state index contributed by atoms with van der Waals surface area (Å²) in [5.41, 5.74) is 3.08. The van der Waals surface area contributed by atoms with Crippen LogP contribution in [-0.4, -0.2) is 48.0 Å². The highest BCUT2D eigenvalue weighted by Crippen LogP contribution is 2.29. The van der Waals surface area contributed by atoms with Crippen molar-refractivity contribution >= 4 is 5.97 Å². The molecule has 1 atom stereocenters. The standard InChI is InChI=1S/C24H39NO4/c1-6-8-10-19-14-18(15-20(23(19)27)11-9-7-2)12-13-22(26)28-16-21-25(5)24(3,4)17-29-21/h14-15,21,27H,6-13,16-17H2,1-5H3. The highest BCUT2D eigenvalue weighted by molar-refractivity contribution is 5.69. The summed E-state index contributed by atoms with van der Waals surface area (Å²) in [4.78, 5) is 14.4. The summed E-state index contributed by atoms with van der Waals surface area (Å²) in [7, 11) is 2.00. The van der Waals surface area contributed by atoms with Crippen molar-refractivity contribution in [2.75, 3.05) is 20.3 Å². The molecule has 1 aromatic carbocycles. The fourth-order valence-corrected chi connectivity index (χ4v) is 3.64. The van der Waals surface area contributed by atoms with Crippen LogP contribution in [0, 0.1) is 0 Å². The molecule has 1 fully saturated rings. The van der Waals surface area contributed by atoms with E-state index < -0.39 is 0 Å². The molecular weight excluding hydrogens is 366 g/mol. The van der Waals surface area contributed by atoms with Crippen LogP contribution in [-0.2, 0) is 33.5 Å². The van der Waals surface area contributed by atoms with Crippen LogP contribution in [0.25, 0.3) is 0 Å².